The van der Waals surface area contributed by atoms with Gasteiger partial charge in [-0.2, -0.15) is 0 Å². The van der Waals surface area contributed by atoms with Crippen molar-refractivity contribution >= 4 is 29.4 Å². The molecule has 10 nitrogen and oxygen atoms in total. The number of methoxy groups -OCH3 is 1. The van der Waals surface area contributed by atoms with Gasteiger partial charge in [-0.15, -0.1) is 0 Å². The topological polar surface area (TPSA) is 117 Å². The van der Waals surface area contributed by atoms with Gasteiger partial charge in [0.2, 0.25) is 17.7 Å². The number of ether oxygens (including phenoxy) is 2. The van der Waals surface area contributed by atoms with Gasteiger partial charge in [0, 0.05) is 36.8 Å². The Balaban J connectivity index is 1.34. The third-order valence-electron chi connectivity index (χ3n) is 7.41. The fourth-order valence-electron chi connectivity index (χ4n) is 5.44. The van der Waals surface area contributed by atoms with E-state index in [1.807, 2.05) is 31.2 Å². The Morgan fingerprint density at radius 2 is 1.75 bits per heavy atom. The van der Waals surface area contributed by atoms with Gasteiger partial charge >= 0.3 is 6.03 Å². The Bertz CT molecular complexity index is 1200. The molecule has 2 aliphatic rings. The third kappa shape index (κ3) is 7.11. The Morgan fingerprint density at radius 1 is 1.00 bits per heavy atom. The Hall–Kier alpha value is -4.08. The van der Waals surface area contributed by atoms with E-state index in [1.165, 1.54) is 9.80 Å². The van der Waals surface area contributed by atoms with Crippen molar-refractivity contribution in [3.63, 3.8) is 0 Å². The molecule has 2 unspecified atom stereocenters. The Morgan fingerprint density at radius 3 is 2.50 bits per heavy atom. The van der Waals surface area contributed by atoms with E-state index >= 15 is 0 Å². The highest BCUT2D eigenvalue weighted by atomic mass is 16.5. The Labute approximate surface area is 235 Å². The molecule has 1 aliphatic heterocycles. The molecule has 2 atom stereocenters. The lowest BCUT2D eigenvalue weighted by atomic mass is 9.81. The predicted molar refractivity (Wildman–Crippen MR) is 150 cm³/mol. The van der Waals surface area contributed by atoms with Gasteiger partial charge in [0.1, 0.15) is 18.0 Å². The number of carbonyl (C=O) groups is 4. The van der Waals surface area contributed by atoms with Crippen LogP contribution in [-0.4, -0.2) is 66.4 Å². The molecule has 0 radical (unpaired) electrons. The van der Waals surface area contributed by atoms with E-state index in [-0.39, 0.29) is 49.2 Å². The number of urea groups is 1. The monoisotopic (exact) mass is 550 g/mol. The average molecular weight is 551 g/mol. The molecular formula is C30H38N4O6. The lowest BCUT2D eigenvalue weighted by Crippen LogP contribution is -2.63. The fourth-order valence-corrected chi connectivity index (χ4v) is 5.44. The van der Waals surface area contributed by atoms with Gasteiger partial charge in [0.15, 0.2) is 0 Å². The number of fused-ring (bicyclic) bond motifs is 1. The van der Waals surface area contributed by atoms with E-state index < -0.39 is 6.03 Å². The summed E-state index contributed by atoms with van der Waals surface area (Å²) in [5.74, 6) is 0.369. The van der Waals surface area contributed by atoms with Crippen molar-refractivity contribution in [3.05, 3.63) is 54.1 Å². The van der Waals surface area contributed by atoms with Crippen LogP contribution in [0.4, 0.5) is 10.5 Å². The van der Waals surface area contributed by atoms with Crippen LogP contribution in [0.1, 0.15) is 51.0 Å². The molecule has 2 aromatic rings. The van der Waals surface area contributed by atoms with Crippen LogP contribution in [0.3, 0.4) is 0 Å². The van der Waals surface area contributed by atoms with Crippen LogP contribution in [0.25, 0.3) is 0 Å². The van der Waals surface area contributed by atoms with Crippen molar-refractivity contribution in [1.82, 2.24) is 15.1 Å². The predicted octanol–water partition coefficient (Wildman–Crippen LogP) is 3.95. The van der Waals surface area contributed by atoms with Crippen molar-refractivity contribution in [2.24, 2.45) is 5.92 Å². The zero-order chi connectivity index (χ0) is 28.5. The molecule has 0 aromatic heterocycles. The van der Waals surface area contributed by atoms with Crippen molar-refractivity contribution in [2.75, 3.05) is 32.1 Å². The minimum absolute atomic E-state index is 0.125. The van der Waals surface area contributed by atoms with Gasteiger partial charge in [0.05, 0.1) is 19.6 Å². The first kappa shape index (κ1) is 28.9. The van der Waals surface area contributed by atoms with Gasteiger partial charge in [-0.25, -0.2) is 4.79 Å². The fraction of sp³-hybridized carbons (Fsp3) is 0.467. The molecule has 1 aliphatic carbocycles. The lowest BCUT2D eigenvalue weighted by molar-refractivity contribution is -0.142. The van der Waals surface area contributed by atoms with Gasteiger partial charge in [0.25, 0.3) is 0 Å². The maximum atomic E-state index is 13.5. The maximum Gasteiger partial charge on any atom is 0.327 e. The van der Waals surface area contributed by atoms with E-state index in [4.69, 9.17) is 9.47 Å². The average Bonchev–Trinajstić information content (AvgIpc) is 2.97. The maximum absolute atomic E-state index is 13.5. The molecule has 1 saturated carbocycles. The minimum atomic E-state index is -0.468. The number of imide groups is 1. The smallest absolute Gasteiger partial charge is 0.327 e. The Kier molecular flexibility index (Phi) is 9.99. The van der Waals surface area contributed by atoms with Gasteiger partial charge < -0.3 is 25.0 Å². The van der Waals surface area contributed by atoms with Crippen LogP contribution in [-0.2, 0) is 20.9 Å². The highest BCUT2D eigenvalue weighted by Gasteiger charge is 2.47. The van der Waals surface area contributed by atoms with Crippen LogP contribution in [0.2, 0.25) is 0 Å². The second-order valence-corrected chi connectivity index (χ2v) is 10.1. The summed E-state index contributed by atoms with van der Waals surface area (Å²) < 4.78 is 10.8. The van der Waals surface area contributed by atoms with Crippen molar-refractivity contribution in [3.8, 4) is 11.5 Å². The highest BCUT2D eigenvalue weighted by Crippen LogP contribution is 2.34. The number of hydrogen-bond acceptors (Lipinski definition) is 6. The van der Waals surface area contributed by atoms with Crippen LogP contribution in [0.15, 0.2) is 48.5 Å². The summed E-state index contributed by atoms with van der Waals surface area (Å²) in [5, 5.41) is 5.71. The van der Waals surface area contributed by atoms with Gasteiger partial charge in [-0.3, -0.25) is 19.3 Å². The number of benzene rings is 2. The third-order valence-corrected chi connectivity index (χ3v) is 7.41. The molecule has 0 spiro atoms. The second-order valence-electron chi connectivity index (χ2n) is 10.1. The largest absolute Gasteiger partial charge is 0.496 e. The summed E-state index contributed by atoms with van der Waals surface area (Å²) in [7, 11) is 1.58. The lowest BCUT2D eigenvalue weighted by Gasteiger charge is -2.46. The van der Waals surface area contributed by atoms with Crippen LogP contribution in [0.5, 0.6) is 11.5 Å². The van der Waals surface area contributed by atoms with E-state index in [0.29, 0.717) is 49.6 Å². The first-order chi connectivity index (χ1) is 19.4. The molecule has 2 N–H and O–H groups in total. The molecule has 0 bridgehead atoms. The summed E-state index contributed by atoms with van der Waals surface area (Å²) in [4.78, 5) is 54.9. The number of rotatable bonds is 12. The number of hydrogen-bond donors (Lipinski definition) is 2. The molecular weight excluding hydrogens is 512 g/mol. The normalized spacial score (nSPS) is 18.6. The standard InChI is InChI=1S/C30H38N4O6/c1-3-40-23-16-14-22(15-17-23)32-28(36)20-34-25-11-6-5-10-24(25)29(37)33(30(34)38)18-8-13-27(35)31-19-21-9-4-7-12-26(21)39-2/h4,7,9,12,14-17,24-25H,3,5-6,8,10-11,13,18-20H2,1-2H3,(H,31,35)(H,32,36). The number of nitrogens with one attached hydrogen (secondary N) is 2. The van der Waals surface area contributed by atoms with Crippen LogP contribution < -0.4 is 20.1 Å². The summed E-state index contributed by atoms with van der Waals surface area (Å²) in [5.41, 5.74) is 1.47. The first-order valence-electron chi connectivity index (χ1n) is 13.9. The first-order valence-corrected chi connectivity index (χ1v) is 13.9. The molecule has 4 rings (SSSR count). The second kappa shape index (κ2) is 13.8. The van der Waals surface area contributed by atoms with Gasteiger partial charge in [-0.05, 0) is 56.5 Å². The zero-order valence-corrected chi connectivity index (χ0v) is 23.2. The van der Waals surface area contributed by atoms with Crippen molar-refractivity contribution < 1.29 is 28.7 Å². The molecule has 40 heavy (non-hydrogen) atoms. The van der Waals surface area contributed by atoms with E-state index in [1.54, 1.807) is 31.4 Å². The van der Waals surface area contributed by atoms with Crippen LogP contribution in [0, 0.1) is 5.92 Å². The van der Waals surface area contributed by atoms with Gasteiger partial charge in [-0.1, -0.05) is 31.0 Å². The SMILES string of the molecule is CCOc1ccc(NC(=O)CN2C(=O)N(CCCC(=O)NCc3ccccc3OC)C(=O)C3CCCCC32)cc1. The summed E-state index contributed by atoms with van der Waals surface area (Å²) >= 11 is 0. The molecule has 10 heteroatoms. The molecule has 214 valence electrons. The highest BCUT2D eigenvalue weighted by molar-refractivity contribution is 6.01. The zero-order valence-electron chi connectivity index (χ0n) is 23.2. The number of carbonyl (C=O) groups excluding carboxylic acids is 4. The van der Waals surface area contributed by atoms with E-state index in [0.717, 1.165) is 18.4 Å². The molecule has 2 aromatic carbocycles. The number of amides is 5. The molecule has 5 amide bonds. The quantitative estimate of drug-likeness (QED) is 0.413. The molecule has 1 saturated heterocycles. The van der Waals surface area contributed by atoms with E-state index in [2.05, 4.69) is 10.6 Å². The van der Waals surface area contributed by atoms with Crippen LogP contribution >= 0.6 is 0 Å². The number of anilines is 1. The molecule has 2 fully saturated rings. The van der Waals surface area contributed by atoms with E-state index in [9.17, 15) is 19.2 Å². The number of para-hydroxylation sites is 1. The van der Waals surface area contributed by atoms with Crippen molar-refractivity contribution in [2.45, 2.75) is 58.0 Å². The summed E-state index contributed by atoms with van der Waals surface area (Å²) in [6.45, 7) is 2.76. The minimum Gasteiger partial charge on any atom is -0.496 e. The number of nitrogens with zero attached hydrogens (tertiary/aromatic N) is 2. The summed E-state index contributed by atoms with van der Waals surface area (Å²) in [6.07, 6.45) is 3.69. The molecule has 1 heterocycles. The summed E-state index contributed by atoms with van der Waals surface area (Å²) in [6, 6.07) is 13.7. The van der Waals surface area contributed by atoms with Crippen molar-refractivity contribution in [1.29, 1.82) is 0 Å².